The molecule has 0 saturated carbocycles. The van der Waals surface area contributed by atoms with E-state index in [0.717, 1.165) is 11.3 Å². The van der Waals surface area contributed by atoms with Gasteiger partial charge in [-0.1, -0.05) is 0 Å². The van der Waals surface area contributed by atoms with Crippen LogP contribution in [0.5, 0.6) is 11.5 Å². The first-order valence-electron chi connectivity index (χ1n) is 7.71. The lowest BCUT2D eigenvalue weighted by molar-refractivity contribution is -0.384. The van der Waals surface area contributed by atoms with Crippen molar-refractivity contribution in [3.63, 3.8) is 0 Å². The first kappa shape index (κ1) is 17.2. The average molecular weight is 352 g/mol. The van der Waals surface area contributed by atoms with Gasteiger partial charge in [0.25, 0.3) is 5.69 Å². The lowest BCUT2D eigenvalue weighted by atomic mass is 10.1. The van der Waals surface area contributed by atoms with E-state index >= 15 is 0 Å². The Labute approximate surface area is 149 Å². The third-order valence-corrected chi connectivity index (χ3v) is 3.68. The molecule has 0 amide bonds. The van der Waals surface area contributed by atoms with Gasteiger partial charge in [0.2, 0.25) is 0 Å². The minimum absolute atomic E-state index is 0.113. The fourth-order valence-electron chi connectivity index (χ4n) is 2.42. The molecule has 0 unspecified atom stereocenters. The van der Waals surface area contributed by atoms with E-state index in [4.69, 9.17) is 4.74 Å². The van der Waals surface area contributed by atoms with E-state index in [1.165, 1.54) is 18.2 Å². The Kier molecular flexibility index (Phi) is 4.66. The van der Waals surface area contributed by atoms with E-state index in [2.05, 4.69) is 15.3 Å². The number of non-ortho nitro benzene ring substituents is 1. The SMILES string of the molecule is COc1ccc(-c2cc(Nc3cc([N+](=O)[O-])ccc3O)nc(C)n2)cc1. The van der Waals surface area contributed by atoms with Crippen molar-refractivity contribution >= 4 is 17.2 Å². The summed E-state index contributed by atoms with van der Waals surface area (Å²) in [6.45, 7) is 1.74. The number of aromatic nitrogens is 2. The summed E-state index contributed by atoms with van der Waals surface area (Å²) >= 11 is 0. The number of nitrogens with zero attached hydrogens (tertiary/aromatic N) is 3. The highest BCUT2D eigenvalue weighted by atomic mass is 16.6. The van der Waals surface area contributed by atoms with Crippen molar-refractivity contribution < 1.29 is 14.8 Å². The number of nitro benzene ring substituents is 1. The largest absolute Gasteiger partial charge is 0.506 e. The molecule has 0 fully saturated rings. The van der Waals surface area contributed by atoms with Gasteiger partial charge in [0.05, 0.1) is 23.4 Å². The second-order valence-electron chi connectivity index (χ2n) is 5.50. The quantitative estimate of drug-likeness (QED) is 0.408. The van der Waals surface area contributed by atoms with Crippen molar-refractivity contribution in [2.75, 3.05) is 12.4 Å². The van der Waals surface area contributed by atoms with Crippen LogP contribution in [-0.4, -0.2) is 27.1 Å². The molecule has 2 aromatic carbocycles. The van der Waals surface area contributed by atoms with Crippen molar-refractivity contribution in [2.24, 2.45) is 0 Å². The molecule has 0 spiro atoms. The second kappa shape index (κ2) is 7.06. The number of ether oxygens (including phenoxy) is 1. The molecule has 0 aliphatic heterocycles. The highest BCUT2D eigenvalue weighted by molar-refractivity contribution is 5.70. The third kappa shape index (κ3) is 3.69. The maximum Gasteiger partial charge on any atom is 0.271 e. The summed E-state index contributed by atoms with van der Waals surface area (Å²) < 4.78 is 5.15. The van der Waals surface area contributed by atoms with Crippen LogP contribution in [0.3, 0.4) is 0 Å². The number of hydrogen-bond acceptors (Lipinski definition) is 7. The highest BCUT2D eigenvalue weighted by Crippen LogP contribution is 2.31. The van der Waals surface area contributed by atoms with Crippen LogP contribution in [0.4, 0.5) is 17.2 Å². The minimum Gasteiger partial charge on any atom is -0.506 e. The van der Waals surface area contributed by atoms with E-state index in [1.807, 2.05) is 24.3 Å². The number of methoxy groups -OCH3 is 1. The van der Waals surface area contributed by atoms with Gasteiger partial charge in [0.15, 0.2) is 0 Å². The molecule has 1 heterocycles. The molecule has 3 rings (SSSR count). The number of phenolic OH excluding ortho intramolecular Hbond substituents is 1. The molecule has 3 aromatic rings. The number of aryl methyl sites for hydroxylation is 1. The van der Waals surface area contributed by atoms with Crippen LogP contribution in [0.2, 0.25) is 0 Å². The summed E-state index contributed by atoms with van der Waals surface area (Å²) in [6.07, 6.45) is 0. The van der Waals surface area contributed by atoms with Crippen molar-refractivity contribution in [3.8, 4) is 22.8 Å². The van der Waals surface area contributed by atoms with Gasteiger partial charge >= 0.3 is 0 Å². The Balaban J connectivity index is 1.95. The first-order valence-corrected chi connectivity index (χ1v) is 7.71. The summed E-state index contributed by atoms with van der Waals surface area (Å²) in [5, 5.41) is 23.8. The Morgan fingerprint density at radius 1 is 1.12 bits per heavy atom. The van der Waals surface area contributed by atoms with E-state index in [1.54, 1.807) is 20.1 Å². The molecule has 0 atom stereocenters. The van der Waals surface area contributed by atoms with Gasteiger partial charge in [-0.25, -0.2) is 9.97 Å². The molecular formula is C18H16N4O4. The Bertz CT molecular complexity index is 958. The molecule has 0 radical (unpaired) electrons. The van der Waals surface area contributed by atoms with Crippen molar-refractivity contribution in [2.45, 2.75) is 6.92 Å². The molecule has 0 bridgehead atoms. The zero-order valence-corrected chi connectivity index (χ0v) is 14.1. The molecule has 2 N–H and O–H groups in total. The van der Waals surface area contributed by atoms with Gasteiger partial charge in [0, 0.05) is 23.8 Å². The fraction of sp³-hybridized carbons (Fsp3) is 0.111. The van der Waals surface area contributed by atoms with Gasteiger partial charge < -0.3 is 15.2 Å². The number of benzene rings is 2. The van der Waals surface area contributed by atoms with Gasteiger partial charge in [-0.05, 0) is 37.3 Å². The Morgan fingerprint density at radius 2 is 1.85 bits per heavy atom. The Hall–Kier alpha value is -3.68. The highest BCUT2D eigenvalue weighted by Gasteiger charge is 2.12. The molecule has 0 aliphatic rings. The molecule has 0 aliphatic carbocycles. The van der Waals surface area contributed by atoms with Crippen LogP contribution in [0.25, 0.3) is 11.3 Å². The van der Waals surface area contributed by atoms with Gasteiger partial charge in [-0.3, -0.25) is 10.1 Å². The Morgan fingerprint density at radius 3 is 2.50 bits per heavy atom. The zero-order valence-electron chi connectivity index (χ0n) is 14.1. The summed E-state index contributed by atoms with van der Waals surface area (Å²) in [5.74, 6) is 1.56. The van der Waals surface area contributed by atoms with Gasteiger partial charge in [0.1, 0.15) is 23.1 Å². The standard InChI is InChI=1S/C18H16N4O4/c1-11-19-15(12-3-6-14(26-2)7-4-12)10-18(20-11)21-16-9-13(22(24)25)5-8-17(16)23/h3-10,23H,1-2H3,(H,19,20,21). The van der Waals surface area contributed by atoms with E-state index < -0.39 is 4.92 Å². The summed E-state index contributed by atoms with van der Waals surface area (Å²) in [5.41, 5.74) is 1.60. The van der Waals surface area contributed by atoms with Crippen molar-refractivity contribution in [1.29, 1.82) is 0 Å². The van der Waals surface area contributed by atoms with Gasteiger partial charge in [-0.15, -0.1) is 0 Å². The predicted octanol–water partition coefficient (Wildman–Crippen LogP) is 3.82. The molecule has 0 saturated heterocycles. The van der Waals surface area contributed by atoms with Gasteiger partial charge in [-0.2, -0.15) is 0 Å². The second-order valence-corrected chi connectivity index (χ2v) is 5.50. The molecular weight excluding hydrogens is 336 g/mol. The number of aromatic hydroxyl groups is 1. The van der Waals surface area contributed by atoms with E-state index in [0.29, 0.717) is 17.3 Å². The number of rotatable bonds is 5. The van der Waals surface area contributed by atoms with E-state index in [9.17, 15) is 15.2 Å². The number of phenols is 1. The monoisotopic (exact) mass is 352 g/mol. The molecule has 26 heavy (non-hydrogen) atoms. The molecule has 8 nitrogen and oxygen atoms in total. The van der Waals surface area contributed by atoms with Crippen LogP contribution in [-0.2, 0) is 0 Å². The topological polar surface area (TPSA) is 110 Å². The summed E-state index contributed by atoms with van der Waals surface area (Å²) in [4.78, 5) is 19.1. The smallest absolute Gasteiger partial charge is 0.271 e. The van der Waals surface area contributed by atoms with Crippen LogP contribution in [0.15, 0.2) is 48.5 Å². The number of nitrogens with one attached hydrogen (secondary N) is 1. The van der Waals surface area contributed by atoms with Crippen molar-refractivity contribution in [1.82, 2.24) is 9.97 Å². The third-order valence-electron chi connectivity index (χ3n) is 3.68. The van der Waals surface area contributed by atoms with Crippen LogP contribution in [0, 0.1) is 17.0 Å². The van der Waals surface area contributed by atoms with Crippen molar-refractivity contribution in [3.05, 3.63) is 64.5 Å². The minimum atomic E-state index is -0.529. The predicted molar refractivity (Wildman–Crippen MR) is 96.8 cm³/mol. The fourth-order valence-corrected chi connectivity index (χ4v) is 2.42. The first-order chi connectivity index (χ1) is 12.5. The lowest BCUT2D eigenvalue weighted by Gasteiger charge is -2.10. The number of hydrogen-bond donors (Lipinski definition) is 2. The molecule has 8 heteroatoms. The summed E-state index contributed by atoms with van der Waals surface area (Å²) in [6, 6.07) is 12.8. The average Bonchev–Trinajstić information content (AvgIpc) is 2.63. The number of anilines is 2. The normalized spacial score (nSPS) is 10.4. The van der Waals surface area contributed by atoms with Crippen LogP contribution in [0.1, 0.15) is 5.82 Å². The summed E-state index contributed by atoms with van der Waals surface area (Å²) in [7, 11) is 1.59. The zero-order chi connectivity index (χ0) is 18.7. The maximum absolute atomic E-state index is 10.9. The molecule has 132 valence electrons. The number of nitro groups is 1. The van der Waals surface area contributed by atoms with Crippen LogP contribution >= 0.6 is 0 Å². The van der Waals surface area contributed by atoms with Crippen LogP contribution < -0.4 is 10.1 Å². The van der Waals surface area contributed by atoms with E-state index in [-0.39, 0.29) is 17.1 Å². The molecule has 1 aromatic heterocycles. The lowest BCUT2D eigenvalue weighted by Crippen LogP contribution is -2.00. The maximum atomic E-state index is 10.9.